The lowest BCUT2D eigenvalue weighted by molar-refractivity contribution is 0.0723. The molecule has 0 saturated carbocycles. The molecule has 0 amide bonds. The Kier molecular flexibility index (Phi) is 6.13. The van der Waals surface area contributed by atoms with Crippen LogP contribution in [-0.4, -0.2) is 11.9 Å². The number of hydrogen-bond donors (Lipinski definition) is 0. The van der Waals surface area contributed by atoms with Crippen LogP contribution in [0.15, 0.2) is 97.1 Å². The summed E-state index contributed by atoms with van der Waals surface area (Å²) in [5, 5.41) is 0. The fourth-order valence-corrected chi connectivity index (χ4v) is 3.56. The fraction of sp³-hybridized carbons (Fsp3) is 0.0714. The van der Waals surface area contributed by atoms with Gasteiger partial charge in [-0.15, -0.1) is 0 Å². The van der Waals surface area contributed by atoms with Crippen LogP contribution in [0, 0.1) is 13.8 Å². The van der Waals surface area contributed by atoms with Gasteiger partial charge in [-0.05, 0) is 61.4 Å². The molecule has 0 aliphatic heterocycles. The summed E-state index contributed by atoms with van der Waals surface area (Å²) >= 11 is 0. The van der Waals surface area contributed by atoms with E-state index in [4.69, 9.17) is 9.47 Å². The van der Waals surface area contributed by atoms with Gasteiger partial charge in [0.05, 0.1) is 11.1 Å². The largest absolute Gasteiger partial charge is 0.422 e. The molecule has 0 N–H and O–H groups in total. The standard InChI is InChI=1S/C28H22O4/c1-19-11-9-17-23(31-27(29)21-13-5-3-6-14-21)25(19)26-20(2)12-10-18-24(26)32-28(30)22-15-7-4-8-16-22/h3-18H,1-2H3. The van der Waals surface area contributed by atoms with Crippen molar-refractivity contribution in [1.29, 1.82) is 0 Å². The number of hydrogen-bond acceptors (Lipinski definition) is 4. The van der Waals surface area contributed by atoms with Crippen LogP contribution in [0.2, 0.25) is 0 Å². The van der Waals surface area contributed by atoms with Crippen molar-refractivity contribution in [1.82, 2.24) is 0 Å². The van der Waals surface area contributed by atoms with E-state index in [1.165, 1.54) is 0 Å². The first kappa shape index (κ1) is 21.1. The number of aryl methyl sites for hydroxylation is 2. The van der Waals surface area contributed by atoms with Crippen LogP contribution < -0.4 is 9.47 Å². The molecule has 0 saturated heterocycles. The third-order valence-corrected chi connectivity index (χ3v) is 5.14. The Morgan fingerprint density at radius 1 is 0.500 bits per heavy atom. The van der Waals surface area contributed by atoms with Gasteiger partial charge in [-0.2, -0.15) is 0 Å². The number of benzene rings is 4. The Bertz CT molecular complexity index is 1160. The first-order valence-electron chi connectivity index (χ1n) is 10.3. The monoisotopic (exact) mass is 422 g/mol. The van der Waals surface area contributed by atoms with E-state index in [1.54, 1.807) is 60.7 Å². The molecule has 4 heteroatoms. The second-order valence-corrected chi connectivity index (χ2v) is 7.41. The van der Waals surface area contributed by atoms with Gasteiger partial charge in [0, 0.05) is 11.1 Å². The fourth-order valence-electron chi connectivity index (χ4n) is 3.56. The average molecular weight is 422 g/mol. The highest BCUT2D eigenvalue weighted by Crippen LogP contribution is 2.41. The maximum atomic E-state index is 12.7. The van der Waals surface area contributed by atoms with Gasteiger partial charge in [-0.25, -0.2) is 9.59 Å². The predicted molar refractivity (Wildman–Crippen MR) is 124 cm³/mol. The molecule has 4 aromatic carbocycles. The zero-order chi connectivity index (χ0) is 22.5. The van der Waals surface area contributed by atoms with Crippen molar-refractivity contribution in [3.05, 3.63) is 119 Å². The summed E-state index contributed by atoms with van der Waals surface area (Å²) in [5.74, 6) is -0.0851. The Morgan fingerprint density at radius 2 is 0.875 bits per heavy atom. The van der Waals surface area contributed by atoms with Crippen molar-refractivity contribution in [2.75, 3.05) is 0 Å². The van der Waals surface area contributed by atoms with Gasteiger partial charge in [-0.3, -0.25) is 0 Å². The Labute approximate surface area is 187 Å². The third-order valence-electron chi connectivity index (χ3n) is 5.14. The predicted octanol–water partition coefficient (Wildman–Crippen LogP) is 6.41. The van der Waals surface area contributed by atoms with Gasteiger partial charge < -0.3 is 9.47 Å². The van der Waals surface area contributed by atoms with Gasteiger partial charge >= 0.3 is 11.9 Å². The van der Waals surface area contributed by atoms with E-state index in [0.29, 0.717) is 33.8 Å². The lowest BCUT2D eigenvalue weighted by Gasteiger charge is -2.18. The van der Waals surface area contributed by atoms with Gasteiger partial charge in [-0.1, -0.05) is 60.7 Å². The first-order chi connectivity index (χ1) is 15.5. The van der Waals surface area contributed by atoms with Crippen molar-refractivity contribution >= 4 is 11.9 Å². The van der Waals surface area contributed by atoms with E-state index < -0.39 is 11.9 Å². The molecular weight excluding hydrogens is 400 g/mol. The van der Waals surface area contributed by atoms with Crippen LogP contribution in [-0.2, 0) is 0 Å². The molecule has 0 aromatic heterocycles. The Balaban J connectivity index is 1.76. The molecule has 0 spiro atoms. The highest BCUT2D eigenvalue weighted by atomic mass is 16.5. The van der Waals surface area contributed by atoms with Crippen LogP contribution in [0.1, 0.15) is 31.8 Å². The summed E-state index contributed by atoms with van der Waals surface area (Å²) < 4.78 is 11.6. The van der Waals surface area contributed by atoms with E-state index in [0.717, 1.165) is 11.1 Å². The lowest BCUT2D eigenvalue weighted by Crippen LogP contribution is -2.11. The molecule has 0 bridgehead atoms. The number of carbonyl (C=O) groups is 2. The average Bonchev–Trinajstić information content (AvgIpc) is 2.81. The van der Waals surface area contributed by atoms with Gasteiger partial charge in [0.15, 0.2) is 0 Å². The molecule has 0 atom stereocenters. The molecule has 0 heterocycles. The smallest absolute Gasteiger partial charge is 0.343 e. The van der Waals surface area contributed by atoms with E-state index in [2.05, 4.69) is 0 Å². The lowest BCUT2D eigenvalue weighted by atomic mass is 9.94. The molecule has 0 unspecified atom stereocenters. The first-order valence-corrected chi connectivity index (χ1v) is 10.3. The summed E-state index contributed by atoms with van der Waals surface area (Å²) in [5.41, 5.74) is 4.14. The molecule has 32 heavy (non-hydrogen) atoms. The zero-order valence-corrected chi connectivity index (χ0v) is 17.9. The van der Waals surface area contributed by atoms with Crippen molar-refractivity contribution in [2.24, 2.45) is 0 Å². The molecular formula is C28H22O4. The van der Waals surface area contributed by atoms with Crippen LogP contribution in [0.25, 0.3) is 11.1 Å². The van der Waals surface area contributed by atoms with Gasteiger partial charge in [0.1, 0.15) is 11.5 Å². The topological polar surface area (TPSA) is 52.6 Å². The Morgan fingerprint density at radius 3 is 1.25 bits per heavy atom. The van der Waals surface area contributed by atoms with E-state index >= 15 is 0 Å². The zero-order valence-electron chi connectivity index (χ0n) is 17.9. The molecule has 4 nitrogen and oxygen atoms in total. The molecule has 0 aliphatic carbocycles. The van der Waals surface area contributed by atoms with E-state index in [-0.39, 0.29) is 0 Å². The van der Waals surface area contributed by atoms with E-state index in [1.807, 2.05) is 50.2 Å². The van der Waals surface area contributed by atoms with Crippen LogP contribution in [0.5, 0.6) is 11.5 Å². The number of carbonyl (C=O) groups excluding carboxylic acids is 2. The number of ether oxygens (including phenoxy) is 2. The minimum Gasteiger partial charge on any atom is -0.422 e. The maximum Gasteiger partial charge on any atom is 0.343 e. The number of rotatable bonds is 5. The van der Waals surface area contributed by atoms with Crippen LogP contribution in [0.4, 0.5) is 0 Å². The maximum absolute atomic E-state index is 12.7. The minimum atomic E-state index is -0.450. The van der Waals surface area contributed by atoms with Crippen molar-refractivity contribution in [3.63, 3.8) is 0 Å². The molecule has 4 aromatic rings. The summed E-state index contributed by atoms with van der Waals surface area (Å²) in [6.07, 6.45) is 0. The normalized spacial score (nSPS) is 10.4. The third kappa shape index (κ3) is 4.44. The minimum absolute atomic E-state index is 0.408. The quantitative estimate of drug-likeness (QED) is 0.275. The van der Waals surface area contributed by atoms with Crippen molar-refractivity contribution in [2.45, 2.75) is 13.8 Å². The van der Waals surface area contributed by atoms with Crippen LogP contribution in [0.3, 0.4) is 0 Å². The second kappa shape index (κ2) is 9.31. The summed E-state index contributed by atoms with van der Waals surface area (Å²) in [7, 11) is 0. The molecule has 4 rings (SSSR count). The molecule has 0 radical (unpaired) electrons. The summed E-state index contributed by atoms with van der Waals surface area (Å²) in [6.45, 7) is 3.87. The Hall–Kier alpha value is -4.18. The summed E-state index contributed by atoms with van der Waals surface area (Å²) in [6, 6.07) is 28.7. The highest BCUT2D eigenvalue weighted by Gasteiger charge is 2.21. The number of esters is 2. The molecule has 158 valence electrons. The highest BCUT2D eigenvalue weighted by molar-refractivity contribution is 5.95. The van der Waals surface area contributed by atoms with E-state index in [9.17, 15) is 9.59 Å². The van der Waals surface area contributed by atoms with Gasteiger partial charge in [0.25, 0.3) is 0 Å². The molecule has 0 aliphatic rings. The second-order valence-electron chi connectivity index (χ2n) is 7.41. The van der Waals surface area contributed by atoms with Crippen molar-refractivity contribution in [3.8, 4) is 22.6 Å². The van der Waals surface area contributed by atoms with Crippen molar-refractivity contribution < 1.29 is 19.1 Å². The van der Waals surface area contributed by atoms with Crippen LogP contribution >= 0.6 is 0 Å². The SMILES string of the molecule is Cc1cccc(OC(=O)c2ccccc2)c1-c1c(C)cccc1OC(=O)c1ccccc1. The molecule has 0 fully saturated rings. The van der Waals surface area contributed by atoms with Gasteiger partial charge in [0.2, 0.25) is 0 Å². The summed E-state index contributed by atoms with van der Waals surface area (Å²) in [4.78, 5) is 25.5.